The van der Waals surface area contributed by atoms with Gasteiger partial charge in [-0.1, -0.05) is 44.0 Å². The molecule has 1 aromatic rings. The molecule has 0 heterocycles. The predicted octanol–water partition coefficient (Wildman–Crippen LogP) is 3.20. The van der Waals surface area contributed by atoms with Gasteiger partial charge < -0.3 is 10.6 Å². The molecule has 0 unspecified atom stereocenters. The second-order valence-corrected chi connectivity index (χ2v) is 6.17. The van der Waals surface area contributed by atoms with Crippen LogP contribution < -0.4 is 5.73 Å². The SMILES string of the molecule is CC[C@H](C)[C@H](N)C(=O)N(Cc1ccc(Cl)cc1)C1CC1. The standard InChI is InChI=1S/C16H23ClN2O/c1-3-11(2)15(18)16(20)19(14-8-9-14)10-12-4-6-13(17)7-5-12/h4-7,11,14-15H,3,8-10,18H2,1-2H3/t11-,15-/m0/s1. The Kier molecular flexibility index (Phi) is 5.06. The summed E-state index contributed by atoms with van der Waals surface area (Å²) in [5.74, 6) is 0.297. The molecule has 0 aromatic heterocycles. The molecule has 4 heteroatoms. The fraction of sp³-hybridized carbons (Fsp3) is 0.562. The number of nitrogens with two attached hydrogens (primary N) is 1. The molecule has 1 aliphatic carbocycles. The normalized spacial score (nSPS) is 17.6. The van der Waals surface area contributed by atoms with Gasteiger partial charge in [0.25, 0.3) is 0 Å². The van der Waals surface area contributed by atoms with Gasteiger partial charge in [-0.05, 0) is 36.5 Å². The van der Waals surface area contributed by atoms with Crippen molar-refractivity contribution in [1.29, 1.82) is 0 Å². The van der Waals surface area contributed by atoms with Crippen molar-refractivity contribution in [3.63, 3.8) is 0 Å². The van der Waals surface area contributed by atoms with Crippen molar-refractivity contribution in [2.75, 3.05) is 0 Å². The van der Waals surface area contributed by atoms with Gasteiger partial charge in [-0.2, -0.15) is 0 Å². The van der Waals surface area contributed by atoms with Gasteiger partial charge in [0.15, 0.2) is 0 Å². The van der Waals surface area contributed by atoms with Gasteiger partial charge in [-0.15, -0.1) is 0 Å². The highest BCUT2D eigenvalue weighted by atomic mass is 35.5. The minimum Gasteiger partial charge on any atom is -0.334 e. The molecule has 0 bridgehead atoms. The van der Waals surface area contributed by atoms with Crippen molar-refractivity contribution in [3.05, 3.63) is 34.9 Å². The maximum absolute atomic E-state index is 12.6. The number of carbonyl (C=O) groups excluding carboxylic acids is 1. The van der Waals surface area contributed by atoms with Crippen LogP contribution in [-0.4, -0.2) is 22.9 Å². The molecule has 2 atom stereocenters. The maximum atomic E-state index is 12.6. The van der Waals surface area contributed by atoms with E-state index in [0.29, 0.717) is 17.6 Å². The number of benzene rings is 1. The number of nitrogens with zero attached hydrogens (tertiary/aromatic N) is 1. The van der Waals surface area contributed by atoms with Gasteiger partial charge in [0.2, 0.25) is 5.91 Å². The van der Waals surface area contributed by atoms with E-state index in [1.54, 1.807) is 0 Å². The number of halogens is 1. The highest BCUT2D eigenvalue weighted by molar-refractivity contribution is 6.30. The van der Waals surface area contributed by atoms with E-state index >= 15 is 0 Å². The monoisotopic (exact) mass is 294 g/mol. The van der Waals surface area contributed by atoms with Crippen LogP contribution in [0, 0.1) is 5.92 Å². The molecule has 1 saturated carbocycles. The molecule has 2 rings (SSSR count). The molecule has 2 N–H and O–H groups in total. The van der Waals surface area contributed by atoms with Crippen molar-refractivity contribution in [2.24, 2.45) is 11.7 Å². The molecule has 0 radical (unpaired) electrons. The quantitative estimate of drug-likeness (QED) is 0.876. The molecule has 0 spiro atoms. The van der Waals surface area contributed by atoms with Crippen LogP contribution in [0.2, 0.25) is 5.02 Å². The van der Waals surface area contributed by atoms with Crippen LogP contribution in [0.5, 0.6) is 0 Å². The van der Waals surface area contributed by atoms with Crippen LogP contribution in [-0.2, 0) is 11.3 Å². The van der Waals surface area contributed by atoms with Crippen LogP contribution in [0.3, 0.4) is 0 Å². The summed E-state index contributed by atoms with van der Waals surface area (Å²) in [6, 6.07) is 7.64. The lowest BCUT2D eigenvalue weighted by molar-refractivity contribution is -0.135. The molecule has 0 aliphatic heterocycles. The Labute approximate surface area is 126 Å². The average molecular weight is 295 g/mol. The van der Waals surface area contributed by atoms with Crippen LogP contribution in [0.15, 0.2) is 24.3 Å². The Hall–Kier alpha value is -1.06. The Morgan fingerprint density at radius 3 is 2.50 bits per heavy atom. The van der Waals surface area contributed by atoms with E-state index in [2.05, 4.69) is 6.92 Å². The molecular formula is C16H23ClN2O. The first-order valence-corrected chi connectivity index (χ1v) is 7.71. The van der Waals surface area contributed by atoms with Crippen molar-refractivity contribution < 1.29 is 4.79 Å². The lowest BCUT2D eigenvalue weighted by atomic mass is 9.98. The first kappa shape index (κ1) is 15.3. The zero-order valence-corrected chi connectivity index (χ0v) is 12.9. The van der Waals surface area contributed by atoms with E-state index in [1.807, 2.05) is 36.1 Å². The molecule has 3 nitrogen and oxygen atoms in total. The van der Waals surface area contributed by atoms with E-state index < -0.39 is 6.04 Å². The van der Waals surface area contributed by atoms with Crippen molar-refractivity contribution in [2.45, 2.75) is 51.7 Å². The third-order valence-corrected chi connectivity index (χ3v) is 4.33. The van der Waals surface area contributed by atoms with Gasteiger partial charge in [-0.25, -0.2) is 0 Å². The Morgan fingerprint density at radius 1 is 1.40 bits per heavy atom. The topological polar surface area (TPSA) is 46.3 Å². The fourth-order valence-corrected chi connectivity index (χ4v) is 2.37. The number of hydrogen-bond acceptors (Lipinski definition) is 2. The lowest BCUT2D eigenvalue weighted by Crippen LogP contribution is -2.47. The zero-order valence-electron chi connectivity index (χ0n) is 12.2. The summed E-state index contributed by atoms with van der Waals surface area (Å²) in [5, 5.41) is 0.717. The third-order valence-electron chi connectivity index (χ3n) is 4.08. The Bertz CT molecular complexity index is 456. The maximum Gasteiger partial charge on any atom is 0.240 e. The second kappa shape index (κ2) is 6.59. The molecular weight excluding hydrogens is 272 g/mol. The third kappa shape index (κ3) is 3.74. The molecule has 1 aromatic carbocycles. The average Bonchev–Trinajstić information content (AvgIpc) is 3.28. The molecule has 20 heavy (non-hydrogen) atoms. The van der Waals surface area contributed by atoms with Crippen molar-refractivity contribution >= 4 is 17.5 Å². The summed E-state index contributed by atoms with van der Waals surface area (Å²) in [7, 11) is 0. The number of rotatable bonds is 6. The summed E-state index contributed by atoms with van der Waals surface area (Å²) < 4.78 is 0. The summed E-state index contributed by atoms with van der Waals surface area (Å²) in [6.45, 7) is 4.74. The van der Waals surface area contributed by atoms with E-state index in [9.17, 15) is 4.79 Å². The van der Waals surface area contributed by atoms with Gasteiger partial charge in [0, 0.05) is 17.6 Å². The molecule has 1 amide bonds. The van der Waals surface area contributed by atoms with E-state index in [0.717, 1.165) is 24.8 Å². The minimum atomic E-state index is -0.395. The van der Waals surface area contributed by atoms with Gasteiger partial charge in [0.05, 0.1) is 6.04 Å². The lowest BCUT2D eigenvalue weighted by Gasteiger charge is -2.28. The Morgan fingerprint density at radius 2 is 2.00 bits per heavy atom. The summed E-state index contributed by atoms with van der Waals surface area (Å²) in [5.41, 5.74) is 7.21. The van der Waals surface area contributed by atoms with E-state index in [1.165, 1.54) is 0 Å². The van der Waals surface area contributed by atoms with Gasteiger partial charge in [-0.3, -0.25) is 4.79 Å². The molecule has 1 fully saturated rings. The first-order valence-electron chi connectivity index (χ1n) is 7.33. The highest BCUT2D eigenvalue weighted by Gasteiger charge is 2.35. The van der Waals surface area contributed by atoms with Crippen molar-refractivity contribution in [3.8, 4) is 0 Å². The summed E-state index contributed by atoms with van der Waals surface area (Å²) in [6.07, 6.45) is 3.10. The first-order chi connectivity index (χ1) is 9.52. The number of amides is 1. The largest absolute Gasteiger partial charge is 0.334 e. The van der Waals surface area contributed by atoms with Crippen molar-refractivity contribution in [1.82, 2.24) is 4.90 Å². The van der Waals surface area contributed by atoms with Gasteiger partial charge >= 0.3 is 0 Å². The predicted molar refractivity (Wildman–Crippen MR) is 82.5 cm³/mol. The van der Waals surface area contributed by atoms with Crippen LogP contribution in [0.25, 0.3) is 0 Å². The summed E-state index contributed by atoms with van der Waals surface area (Å²) >= 11 is 5.90. The van der Waals surface area contributed by atoms with E-state index in [-0.39, 0.29) is 11.8 Å². The molecule has 0 saturated heterocycles. The zero-order chi connectivity index (χ0) is 14.7. The van der Waals surface area contributed by atoms with Crippen LogP contribution in [0.4, 0.5) is 0 Å². The van der Waals surface area contributed by atoms with E-state index in [4.69, 9.17) is 17.3 Å². The van der Waals surface area contributed by atoms with Gasteiger partial charge in [0.1, 0.15) is 0 Å². The molecule has 1 aliphatic rings. The smallest absolute Gasteiger partial charge is 0.240 e. The highest BCUT2D eigenvalue weighted by Crippen LogP contribution is 2.29. The van der Waals surface area contributed by atoms with Crippen LogP contribution in [0.1, 0.15) is 38.7 Å². The molecule has 110 valence electrons. The summed E-state index contributed by atoms with van der Waals surface area (Å²) in [4.78, 5) is 14.5. The van der Waals surface area contributed by atoms with Crippen LogP contribution >= 0.6 is 11.6 Å². The fourth-order valence-electron chi connectivity index (χ4n) is 2.25. The second-order valence-electron chi connectivity index (χ2n) is 5.74. The number of carbonyl (C=O) groups is 1. The Balaban J connectivity index is 2.07. The minimum absolute atomic E-state index is 0.0804. The number of hydrogen-bond donors (Lipinski definition) is 1.